The van der Waals surface area contributed by atoms with E-state index in [-0.39, 0.29) is 17.2 Å². The number of nitrogens with zero attached hydrogens (tertiary/aromatic N) is 2. The molecule has 2 rings (SSSR count). The van der Waals surface area contributed by atoms with Gasteiger partial charge in [0.05, 0.1) is 0 Å². The Morgan fingerprint density at radius 1 is 1.39 bits per heavy atom. The molecule has 0 amide bonds. The number of pyridine rings is 1. The normalized spacial score (nSPS) is 11.7. The van der Waals surface area contributed by atoms with Crippen LogP contribution in [0.15, 0.2) is 33.9 Å². The lowest BCUT2D eigenvalue weighted by molar-refractivity contribution is 0.390. The highest BCUT2D eigenvalue weighted by atomic mass is 32.2. The molecule has 0 aliphatic rings. The van der Waals surface area contributed by atoms with Gasteiger partial charge < -0.3 is 4.52 Å². The van der Waals surface area contributed by atoms with E-state index in [0.29, 0.717) is 5.69 Å². The van der Waals surface area contributed by atoms with Crippen LogP contribution in [0.5, 0.6) is 0 Å². The molecule has 0 bridgehead atoms. The Bertz CT molecular complexity index is 615. The number of aryl methyl sites for hydroxylation is 2. The molecule has 0 aromatic carbocycles. The van der Waals surface area contributed by atoms with Gasteiger partial charge in [-0.15, -0.1) is 0 Å². The Morgan fingerprint density at radius 3 is 2.72 bits per heavy atom. The molecule has 0 saturated heterocycles. The van der Waals surface area contributed by atoms with E-state index in [9.17, 15) is 8.42 Å². The zero-order chi connectivity index (χ0) is 13.2. The summed E-state index contributed by atoms with van der Waals surface area (Å²) in [6.07, 6.45) is 3.24. The standard InChI is InChI=1S/C11H13N3O3S/c1-8-11(9(2)17-14-8)18(15,16)13-7-10-4-3-5-12-6-10/h3-6,13H,7H2,1-2H3. The van der Waals surface area contributed by atoms with Gasteiger partial charge in [-0.2, -0.15) is 0 Å². The fraction of sp³-hybridized carbons (Fsp3) is 0.273. The first-order chi connectivity index (χ1) is 8.50. The maximum atomic E-state index is 12.1. The van der Waals surface area contributed by atoms with Crippen molar-refractivity contribution in [2.24, 2.45) is 0 Å². The van der Waals surface area contributed by atoms with Crippen LogP contribution in [0.25, 0.3) is 0 Å². The molecule has 0 saturated carbocycles. The molecule has 2 aromatic rings. The molecule has 0 atom stereocenters. The van der Waals surface area contributed by atoms with Crippen molar-refractivity contribution in [3.63, 3.8) is 0 Å². The molecule has 0 aliphatic carbocycles. The van der Waals surface area contributed by atoms with Crippen molar-refractivity contribution in [3.8, 4) is 0 Å². The zero-order valence-corrected chi connectivity index (χ0v) is 10.9. The molecule has 0 unspecified atom stereocenters. The van der Waals surface area contributed by atoms with Crippen molar-refractivity contribution in [2.45, 2.75) is 25.3 Å². The van der Waals surface area contributed by atoms with Gasteiger partial charge in [0.15, 0.2) is 5.76 Å². The number of aromatic nitrogens is 2. The summed E-state index contributed by atoms with van der Waals surface area (Å²) in [4.78, 5) is 4.02. The molecule has 2 heterocycles. The molecule has 0 radical (unpaired) electrons. The van der Waals surface area contributed by atoms with Crippen molar-refractivity contribution >= 4 is 10.0 Å². The lowest BCUT2D eigenvalue weighted by atomic mass is 10.3. The third kappa shape index (κ3) is 2.57. The maximum Gasteiger partial charge on any atom is 0.246 e. The van der Waals surface area contributed by atoms with Crippen molar-refractivity contribution in [3.05, 3.63) is 41.5 Å². The van der Waals surface area contributed by atoms with Crippen LogP contribution in [-0.2, 0) is 16.6 Å². The van der Waals surface area contributed by atoms with E-state index in [1.165, 1.54) is 0 Å². The van der Waals surface area contributed by atoms with Crippen LogP contribution in [0.1, 0.15) is 17.0 Å². The molecule has 0 spiro atoms. The second-order valence-electron chi connectivity index (χ2n) is 3.84. The van der Waals surface area contributed by atoms with E-state index in [2.05, 4.69) is 14.9 Å². The second-order valence-corrected chi connectivity index (χ2v) is 5.54. The van der Waals surface area contributed by atoms with Crippen molar-refractivity contribution < 1.29 is 12.9 Å². The van der Waals surface area contributed by atoms with E-state index in [1.54, 1.807) is 38.4 Å². The quantitative estimate of drug-likeness (QED) is 0.898. The fourth-order valence-electron chi connectivity index (χ4n) is 1.61. The molecule has 7 heteroatoms. The number of hydrogen-bond acceptors (Lipinski definition) is 5. The van der Waals surface area contributed by atoms with Crippen LogP contribution >= 0.6 is 0 Å². The van der Waals surface area contributed by atoms with Crippen LogP contribution in [0, 0.1) is 13.8 Å². The summed E-state index contributed by atoms with van der Waals surface area (Å²) in [5.41, 5.74) is 1.14. The summed E-state index contributed by atoms with van der Waals surface area (Å²) in [7, 11) is -3.61. The van der Waals surface area contributed by atoms with Crippen LogP contribution < -0.4 is 4.72 Å². The van der Waals surface area contributed by atoms with Crippen LogP contribution in [0.4, 0.5) is 0 Å². The average molecular weight is 267 g/mol. The SMILES string of the molecule is Cc1noc(C)c1S(=O)(=O)NCc1cccnc1. The topological polar surface area (TPSA) is 85.1 Å². The van der Waals surface area contributed by atoms with E-state index in [0.717, 1.165) is 5.56 Å². The first-order valence-electron chi connectivity index (χ1n) is 5.32. The highest BCUT2D eigenvalue weighted by Gasteiger charge is 2.23. The van der Waals surface area contributed by atoms with Crippen LogP contribution in [-0.4, -0.2) is 18.6 Å². The van der Waals surface area contributed by atoms with E-state index >= 15 is 0 Å². The van der Waals surface area contributed by atoms with Crippen molar-refractivity contribution in [2.75, 3.05) is 0 Å². The Morgan fingerprint density at radius 2 is 2.17 bits per heavy atom. The van der Waals surface area contributed by atoms with Gasteiger partial charge in [-0.05, 0) is 25.5 Å². The Balaban J connectivity index is 2.19. The van der Waals surface area contributed by atoms with Gasteiger partial charge in [-0.1, -0.05) is 11.2 Å². The third-order valence-electron chi connectivity index (χ3n) is 2.43. The molecule has 0 fully saturated rings. The van der Waals surface area contributed by atoms with Crippen molar-refractivity contribution in [1.29, 1.82) is 0 Å². The molecular formula is C11H13N3O3S. The first-order valence-corrected chi connectivity index (χ1v) is 6.80. The predicted molar refractivity (Wildman–Crippen MR) is 64.2 cm³/mol. The first kappa shape index (κ1) is 12.7. The number of rotatable bonds is 4. The summed E-state index contributed by atoms with van der Waals surface area (Å²) < 4.78 is 31.5. The highest BCUT2D eigenvalue weighted by molar-refractivity contribution is 7.89. The molecule has 18 heavy (non-hydrogen) atoms. The van der Waals surface area contributed by atoms with Gasteiger partial charge in [-0.25, -0.2) is 13.1 Å². The van der Waals surface area contributed by atoms with Gasteiger partial charge in [0.25, 0.3) is 0 Å². The molecule has 96 valence electrons. The molecule has 2 aromatic heterocycles. The number of nitrogens with one attached hydrogen (secondary N) is 1. The van der Waals surface area contributed by atoms with Crippen LogP contribution in [0.2, 0.25) is 0 Å². The maximum absolute atomic E-state index is 12.1. The van der Waals surface area contributed by atoms with Gasteiger partial charge in [0, 0.05) is 18.9 Å². The van der Waals surface area contributed by atoms with Gasteiger partial charge in [0.2, 0.25) is 10.0 Å². The number of sulfonamides is 1. The second kappa shape index (κ2) is 4.87. The van der Waals surface area contributed by atoms with Crippen LogP contribution in [0.3, 0.4) is 0 Å². The van der Waals surface area contributed by atoms with Crippen molar-refractivity contribution in [1.82, 2.24) is 14.9 Å². The van der Waals surface area contributed by atoms with Gasteiger partial charge in [-0.3, -0.25) is 4.98 Å². The summed E-state index contributed by atoms with van der Waals surface area (Å²) >= 11 is 0. The summed E-state index contributed by atoms with van der Waals surface area (Å²) in [5.74, 6) is 0.284. The van der Waals surface area contributed by atoms with E-state index in [1.807, 2.05) is 0 Å². The third-order valence-corrected chi connectivity index (χ3v) is 4.07. The summed E-state index contributed by atoms with van der Waals surface area (Å²) in [6, 6.07) is 3.54. The smallest absolute Gasteiger partial charge is 0.246 e. The Kier molecular flexibility index (Phi) is 3.44. The molecule has 6 nitrogen and oxygen atoms in total. The minimum atomic E-state index is -3.61. The minimum Gasteiger partial charge on any atom is -0.360 e. The molecular weight excluding hydrogens is 254 g/mol. The lowest BCUT2D eigenvalue weighted by Crippen LogP contribution is -2.24. The number of hydrogen-bond donors (Lipinski definition) is 1. The summed E-state index contributed by atoms with van der Waals surface area (Å²) in [5, 5.41) is 3.63. The minimum absolute atomic E-state index is 0.103. The summed E-state index contributed by atoms with van der Waals surface area (Å²) in [6.45, 7) is 3.34. The average Bonchev–Trinajstić information content (AvgIpc) is 2.69. The zero-order valence-electron chi connectivity index (χ0n) is 10.0. The van der Waals surface area contributed by atoms with Gasteiger partial charge in [0.1, 0.15) is 10.6 Å². The molecule has 1 N–H and O–H groups in total. The van der Waals surface area contributed by atoms with E-state index in [4.69, 9.17) is 4.52 Å². The fourth-order valence-corrected chi connectivity index (χ4v) is 2.95. The highest BCUT2D eigenvalue weighted by Crippen LogP contribution is 2.18. The lowest BCUT2D eigenvalue weighted by Gasteiger charge is -2.05. The Hall–Kier alpha value is -1.73. The van der Waals surface area contributed by atoms with Gasteiger partial charge >= 0.3 is 0 Å². The Labute approximate surface area is 105 Å². The molecule has 0 aliphatic heterocycles. The largest absolute Gasteiger partial charge is 0.360 e. The van der Waals surface area contributed by atoms with E-state index < -0.39 is 10.0 Å². The predicted octanol–water partition coefficient (Wildman–Crippen LogP) is 1.16. The monoisotopic (exact) mass is 267 g/mol.